The van der Waals surface area contributed by atoms with Crippen molar-refractivity contribution in [3.8, 4) is 0 Å². The average Bonchev–Trinajstić information content (AvgIpc) is 3.14. The standard InChI is InChI=1S/C20H19N3O5S/c1-12-10-14(8-9-16(12)23(26)27)20(25)28-11-18(24)22(3)13(2)19-21-15-6-4-5-7-17(15)29-19/h4-10,13H,11H2,1-3H3/t13-/m1/s1. The maximum Gasteiger partial charge on any atom is 0.338 e. The summed E-state index contributed by atoms with van der Waals surface area (Å²) in [5.41, 5.74) is 1.29. The van der Waals surface area contributed by atoms with Crippen molar-refractivity contribution in [2.24, 2.45) is 0 Å². The number of aromatic nitrogens is 1. The minimum Gasteiger partial charge on any atom is -0.452 e. The first-order chi connectivity index (χ1) is 13.8. The number of amides is 1. The van der Waals surface area contributed by atoms with Gasteiger partial charge in [0.15, 0.2) is 6.61 Å². The Balaban J connectivity index is 1.62. The van der Waals surface area contributed by atoms with Gasteiger partial charge in [-0.05, 0) is 38.1 Å². The molecule has 3 rings (SSSR count). The molecule has 0 radical (unpaired) electrons. The molecule has 0 saturated carbocycles. The van der Waals surface area contributed by atoms with E-state index in [2.05, 4.69) is 4.98 Å². The van der Waals surface area contributed by atoms with Crippen LogP contribution >= 0.6 is 11.3 Å². The molecule has 0 saturated heterocycles. The molecule has 29 heavy (non-hydrogen) atoms. The van der Waals surface area contributed by atoms with Crippen molar-refractivity contribution < 1.29 is 19.2 Å². The number of carbonyl (C=O) groups excluding carboxylic acids is 2. The van der Waals surface area contributed by atoms with Crippen molar-refractivity contribution >= 4 is 39.1 Å². The summed E-state index contributed by atoms with van der Waals surface area (Å²) >= 11 is 1.51. The molecule has 150 valence electrons. The molecule has 1 amide bonds. The van der Waals surface area contributed by atoms with Gasteiger partial charge in [-0.3, -0.25) is 14.9 Å². The number of carbonyl (C=O) groups is 2. The van der Waals surface area contributed by atoms with Crippen LogP contribution in [0.15, 0.2) is 42.5 Å². The smallest absolute Gasteiger partial charge is 0.338 e. The first kappa shape index (κ1) is 20.4. The number of rotatable bonds is 6. The molecule has 3 aromatic rings. The fourth-order valence-electron chi connectivity index (χ4n) is 2.75. The Labute approximate surface area is 170 Å². The van der Waals surface area contributed by atoms with Gasteiger partial charge in [-0.25, -0.2) is 9.78 Å². The summed E-state index contributed by atoms with van der Waals surface area (Å²) in [6.07, 6.45) is 0. The largest absolute Gasteiger partial charge is 0.452 e. The molecule has 0 unspecified atom stereocenters. The maximum absolute atomic E-state index is 12.5. The van der Waals surface area contributed by atoms with E-state index in [1.807, 2.05) is 31.2 Å². The van der Waals surface area contributed by atoms with Crippen LogP contribution in [0.5, 0.6) is 0 Å². The fourth-order valence-corrected chi connectivity index (χ4v) is 3.81. The summed E-state index contributed by atoms with van der Waals surface area (Å²) < 4.78 is 6.13. The number of hydrogen-bond acceptors (Lipinski definition) is 7. The van der Waals surface area contributed by atoms with E-state index < -0.39 is 17.5 Å². The summed E-state index contributed by atoms with van der Waals surface area (Å²) in [7, 11) is 1.63. The molecule has 1 heterocycles. The predicted octanol–water partition coefficient (Wildman–Crippen LogP) is 3.89. The SMILES string of the molecule is Cc1cc(C(=O)OCC(=O)N(C)[C@H](C)c2nc3ccccc3s2)ccc1[N+](=O)[O-]. The maximum atomic E-state index is 12.5. The monoisotopic (exact) mass is 413 g/mol. The van der Waals surface area contributed by atoms with Crippen molar-refractivity contribution in [2.75, 3.05) is 13.7 Å². The predicted molar refractivity (Wildman–Crippen MR) is 109 cm³/mol. The number of thiazole rings is 1. The van der Waals surface area contributed by atoms with Crippen molar-refractivity contribution in [1.82, 2.24) is 9.88 Å². The highest BCUT2D eigenvalue weighted by atomic mass is 32.1. The highest BCUT2D eigenvalue weighted by molar-refractivity contribution is 7.18. The van der Waals surface area contributed by atoms with Gasteiger partial charge in [-0.15, -0.1) is 11.3 Å². The number of benzene rings is 2. The van der Waals surface area contributed by atoms with Crippen LogP contribution in [0.4, 0.5) is 5.69 Å². The van der Waals surface area contributed by atoms with Crippen LogP contribution in [-0.4, -0.2) is 40.3 Å². The number of ether oxygens (including phenoxy) is 1. The lowest BCUT2D eigenvalue weighted by Crippen LogP contribution is -2.33. The van der Waals surface area contributed by atoms with E-state index in [9.17, 15) is 19.7 Å². The number of nitrogens with zero attached hydrogens (tertiary/aromatic N) is 3. The van der Waals surface area contributed by atoms with E-state index in [0.717, 1.165) is 15.2 Å². The topological polar surface area (TPSA) is 103 Å². The lowest BCUT2D eigenvalue weighted by atomic mass is 10.1. The highest BCUT2D eigenvalue weighted by Crippen LogP contribution is 2.28. The quantitative estimate of drug-likeness (QED) is 0.345. The molecular weight excluding hydrogens is 394 g/mol. The van der Waals surface area contributed by atoms with Crippen LogP contribution in [0.3, 0.4) is 0 Å². The molecule has 0 fully saturated rings. The van der Waals surface area contributed by atoms with Crippen molar-refractivity contribution in [3.63, 3.8) is 0 Å². The van der Waals surface area contributed by atoms with Crippen LogP contribution in [-0.2, 0) is 9.53 Å². The minimum absolute atomic E-state index is 0.0815. The van der Waals surface area contributed by atoms with Gasteiger partial charge < -0.3 is 9.64 Å². The number of para-hydroxylation sites is 1. The van der Waals surface area contributed by atoms with E-state index >= 15 is 0 Å². The first-order valence-electron chi connectivity index (χ1n) is 8.81. The fraction of sp³-hybridized carbons (Fsp3) is 0.250. The number of nitro groups is 1. The van der Waals surface area contributed by atoms with Gasteiger partial charge >= 0.3 is 5.97 Å². The number of nitro benzene ring substituents is 1. The van der Waals surface area contributed by atoms with E-state index in [4.69, 9.17) is 4.74 Å². The third kappa shape index (κ3) is 4.40. The Hall–Kier alpha value is -3.33. The van der Waals surface area contributed by atoms with Crippen molar-refractivity contribution in [1.29, 1.82) is 0 Å². The zero-order valence-electron chi connectivity index (χ0n) is 16.1. The summed E-state index contributed by atoms with van der Waals surface area (Å²) in [6.45, 7) is 2.96. The van der Waals surface area contributed by atoms with E-state index in [1.165, 1.54) is 41.4 Å². The van der Waals surface area contributed by atoms with Gasteiger partial charge in [-0.2, -0.15) is 0 Å². The van der Waals surface area contributed by atoms with Crippen LogP contribution in [0.2, 0.25) is 0 Å². The summed E-state index contributed by atoms with van der Waals surface area (Å²) in [6, 6.07) is 11.4. The summed E-state index contributed by atoms with van der Waals surface area (Å²) in [5, 5.41) is 11.7. The summed E-state index contributed by atoms with van der Waals surface area (Å²) in [5.74, 6) is -1.08. The molecule has 2 aromatic carbocycles. The molecule has 0 N–H and O–H groups in total. The molecule has 0 bridgehead atoms. The Kier molecular flexibility index (Phi) is 5.88. The first-order valence-corrected chi connectivity index (χ1v) is 9.63. The highest BCUT2D eigenvalue weighted by Gasteiger charge is 2.22. The number of esters is 1. The van der Waals surface area contributed by atoms with Gasteiger partial charge in [0.25, 0.3) is 11.6 Å². The Morgan fingerprint density at radius 1 is 1.28 bits per heavy atom. The molecule has 1 aromatic heterocycles. The number of likely N-dealkylation sites (N-methyl/N-ethyl adjacent to an activating group) is 1. The average molecular weight is 413 g/mol. The van der Waals surface area contributed by atoms with Crippen LogP contribution in [0.25, 0.3) is 10.2 Å². The normalized spacial score (nSPS) is 11.8. The number of hydrogen-bond donors (Lipinski definition) is 0. The van der Waals surface area contributed by atoms with Gasteiger partial charge in [0, 0.05) is 18.7 Å². The second kappa shape index (κ2) is 8.36. The lowest BCUT2D eigenvalue weighted by Gasteiger charge is -2.23. The van der Waals surface area contributed by atoms with Crippen molar-refractivity contribution in [2.45, 2.75) is 19.9 Å². The second-order valence-corrected chi connectivity index (χ2v) is 7.60. The van der Waals surface area contributed by atoms with Gasteiger partial charge in [0.2, 0.25) is 0 Å². The van der Waals surface area contributed by atoms with E-state index in [1.54, 1.807) is 7.05 Å². The van der Waals surface area contributed by atoms with Gasteiger partial charge in [-0.1, -0.05) is 12.1 Å². The van der Waals surface area contributed by atoms with Crippen molar-refractivity contribution in [3.05, 3.63) is 68.7 Å². The van der Waals surface area contributed by atoms with Gasteiger partial charge in [0.05, 0.1) is 26.7 Å². The molecule has 0 aliphatic rings. The van der Waals surface area contributed by atoms with E-state index in [-0.39, 0.29) is 23.2 Å². The molecule has 1 atom stereocenters. The molecule has 0 spiro atoms. The third-order valence-corrected chi connectivity index (χ3v) is 5.80. The Morgan fingerprint density at radius 3 is 2.66 bits per heavy atom. The van der Waals surface area contributed by atoms with Crippen LogP contribution < -0.4 is 0 Å². The zero-order valence-corrected chi connectivity index (χ0v) is 16.9. The van der Waals surface area contributed by atoms with Gasteiger partial charge in [0.1, 0.15) is 5.01 Å². The Morgan fingerprint density at radius 2 is 2.00 bits per heavy atom. The van der Waals surface area contributed by atoms with Crippen LogP contribution in [0, 0.1) is 17.0 Å². The minimum atomic E-state index is -0.711. The molecule has 8 nitrogen and oxygen atoms in total. The third-order valence-electron chi connectivity index (χ3n) is 4.60. The lowest BCUT2D eigenvalue weighted by molar-refractivity contribution is -0.385. The molecule has 0 aliphatic carbocycles. The molecule has 0 aliphatic heterocycles. The molecule has 9 heteroatoms. The molecular formula is C20H19N3O5S. The zero-order chi connectivity index (χ0) is 21.1. The summed E-state index contributed by atoms with van der Waals surface area (Å²) in [4.78, 5) is 41.0. The number of aryl methyl sites for hydroxylation is 1. The van der Waals surface area contributed by atoms with E-state index in [0.29, 0.717) is 5.56 Å². The van der Waals surface area contributed by atoms with Crippen LogP contribution in [0.1, 0.15) is 33.9 Å². The Bertz CT molecular complexity index is 1060. The second-order valence-electron chi connectivity index (χ2n) is 6.53. The number of fused-ring (bicyclic) bond motifs is 1.